The molecule has 8 nitrogen and oxygen atoms in total. The minimum atomic E-state index is -0.167. The molecule has 0 saturated heterocycles. The molecule has 38 heavy (non-hydrogen) atoms. The first-order valence-corrected chi connectivity index (χ1v) is 13.7. The Balaban J connectivity index is -0.0000000293. The molecule has 0 aromatic heterocycles. The molecular formula is C28H72O8Zr2. The summed E-state index contributed by atoms with van der Waals surface area (Å²) < 4.78 is 0. The van der Waals surface area contributed by atoms with Crippen LogP contribution in [0.3, 0.4) is 0 Å². The second-order valence-electron chi connectivity index (χ2n) is 8.68. The van der Waals surface area contributed by atoms with Crippen LogP contribution in [0.4, 0.5) is 0 Å². The molecule has 0 aliphatic carbocycles. The van der Waals surface area contributed by atoms with Crippen molar-refractivity contribution in [1.29, 1.82) is 0 Å². The molecule has 0 bridgehead atoms. The smallest absolute Gasteiger partial charge is 0.0483 e. The van der Waals surface area contributed by atoms with Crippen molar-refractivity contribution in [3.8, 4) is 0 Å². The molecule has 8 N–H and O–H groups in total. The van der Waals surface area contributed by atoms with Gasteiger partial charge >= 0.3 is 0 Å². The van der Waals surface area contributed by atoms with E-state index in [0.29, 0.717) is 26.4 Å². The zero-order valence-corrected chi connectivity index (χ0v) is 32.3. The van der Waals surface area contributed by atoms with Crippen molar-refractivity contribution >= 4 is 0 Å². The fourth-order valence-corrected chi connectivity index (χ4v) is 0.632. The van der Waals surface area contributed by atoms with E-state index in [2.05, 4.69) is 27.7 Å². The van der Waals surface area contributed by atoms with Crippen molar-refractivity contribution in [2.45, 2.75) is 159 Å². The molecular weight excluding hydrogens is 647 g/mol. The normalized spacial score (nSPS) is 8.21. The molecule has 0 aliphatic heterocycles. The Bertz CT molecular complexity index is 184. The predicted octanol–water partition coefficient (Wildman–Crippen LogP) is 4.66. The third-order valence-corrected chi connectivity index (χ3v) is 2.05. The average Bonchev–Trinajstić information content (AvgIpc) is 2.70. The number of hydrogen-bond acceptors (Lipinski definition) is 8. The largest absolute Gasteiger partial charge is 0.396 e. The fourth-order valence-electron chi connectivity index (χ4n) is 0.632. The Kier molecular flexibility index (Phi) is 147. The first-order valence-electron chi connectivity index (χ1n) is 13.7. The van der Waals surface area contributed by atoms with Gasteiger partial charge in [0.15, 0.2) is 0 Å². The van der Waals surface area contributed by atoms with Gasteiger partial charge in [0.25, 0.3) is 0 Å². The van der Waals surface area contributed by atoms with Gasteiger partial charge in [0.05, 0.1) is 0 Å². The Morgan fingerprint density at radius 3 is 0.421 bits per heavy atom. The van der Waals surface area contributed by atoms with E-state index in [4.69, 9.17) is 40.9 Å². The van der Waals surface area contributed by atoms with Crippen molar-refractivity contribution in [3.05, 3.63) is 0 Å². The summed E-state index contributed by atoms with van der Waals surface area (Å²) in [6, 6.07) is 0. The summed E-state index contributed by atoms with van der Waals surface area (Å²) in [6.07, 6.45) is 7.49. The molecule has 0 saturated carbocycles. The maximum Gasteiger partial charge on any atom is 0.0483 e. The van der Waals surface area contributed by atoms with E-state index in [1.807, 2.05) is 0 Å². The molecule has 0 amide bonds. The van der Waals surface area contributed by atoms with E-state index < -0.39 is 0 Å². The van der Waals surface area contributed by atoms with Crippen molar-refractivity contribution < 1.29 is 93.3 Å². The average molecular weight is 719 g/mol. The number of aliphatic hydroxyl groups is 8. The maximum absolute atomic E-state index is 8.07. The van der Waals surface area contributed by atoms with E-state index in [-0.39, 0.29) is 76.8 Å². The predicted molar refractivity (Wildman–Crippen MR) is 157 cm³/mol. The van der Waals surface area contributed by atoms with E-state index >= 15 is 0 Å². The van der Waals surface area contributed by atoms with Crippen LogP contribution < -0.4 is 0 Å². The Morgan fingerprint density at radius 2 is 0.421 bits per heavy atom. The van der Waals surface area contributed by atoms with Gasteiger partial charge in [0, 0.05) is 103 Å². The van der Waals surface area contributed by atoms with Crippen molar-refractivity contribution in [1.82, 2.24) is 0 Å². The molecule has 0 spiro atoms. The van der Waals surface area contributed by atoms with Gasteiger partial charge in [-0.1, -0.05) is 53.4 Å². The molecule has 0 radical (unpaired) electrons. The third-order valence-electron chi connectivity index (χ3n) is 2.05. The van der Waals surface area contributed by atoms with Crippen LogP contribution in [0.25, 0.3) is 0 Å². The molecule has 240 valence electrons. The summed E-state index contributed by atoms with van der Waals surface area (Å²) in [6.45, 7) is 23.4. The second kappa shape index (κ2) is 83.3. The summed E-state index contributed by atoms with van der Waals surface area (Å²) in [7, 11) is 0. The number of unbranched alkanes of at least 4 members (excludes halogenated alkanes) is 4. The van der Waals surface area contributed by atoms with Gasteiger partial charge in [-0.15, -0.1) is 0 Å². The molecule has 0 fully saturated rings. The Morgan fingerprint density at radius 1 is 0.342 bits per heavy atom. The minimum absolute atomic E-state index is 0. The number of aliphatic hydroxyl groups excluding tert-OH is 8. The fraction of sp³-hybridized carbons (Fsp3) is 1.00. The van der Waals surface area contributed by atoms with Crippen molar-refractivity contribution in [2.24, 2.45) is 0 Å². The van der Waals surface area contributed by atoms with Crippen LogP contribution in [0.2, 0.25) is 0 Å². The Hall–Kier alpha value is 1.45. The van der Waals surface area contributed by atoms with Crippen molar-refractivity contribution in [2.75, 3.05) is 26.4 Å². The second-order valence-corrected chi connectivity index (χ2v) is 8.68. The van der Waals surface area contributed by atoms with Gasteiger partial charge in [-0.2, -0.15) is 0 Å². The summed E-state index contributed by atoms with van der Waals surface area (Å²) in [5.41, 5.74) is 0. The van der Waals surface area contributed by atoms with E-state index in [9.17, 15) is 0 Å². The SMILES string of the molecule is CC(C)O.CC(C)O.CC(C)O.CC(C)O.CCCCO.CCCCO.CCCCO.CCCCO.[Zr].[Zr]. The van der Waals surface area contributed by atoms with E-state index in [0.717, 1.165) is 51.4 Å². The number of rotatable bonds is 8. The molecule has 0 unspecified atom stereocenters. The van der Waals surface area contributed by atoms with E-state index in [1.54, 1.807) is 55.4 Å². The first-order chi connectivity index (χ1) is 16.6. The summed E-state index contributed by atoms with van der Waals surface area (Å²) >= 11 is 0. The van der Waals surface area contributed by atoms with Gasteiger partial charge in [0.2, 0.25) is 0 Å². The zero-order chi connectivity index (χ0) is 30.8. The quantitative estimate of drug-likeness (QED) is 0.180. The van der Waals surface area contributed by atoms with Gasteiger partial charge in [-0.05, 0) is 81.1 Å². The molecule has 10 heteroatoms. The Labute approximate surface area is 276 Å². The van der Waals surface area contributed by atoms with Crippen LogP contribution >= 0.6 is 0 Å². The molecule has 0 atom stereocenters. The van der Waals surface area contributed by atoms with Crippen LogP contribution in [0.15, 0.2) is 0 Å². The molecule has 0 rings (SSSR count). The van der Waals surface area contributed by atoms with Crippen molar-refractivity contribution in [3.63, 3.8) is 0 Å². The van der Waals surface area contributed by atoms with Crippen LogP contribution in [0.1, 0.15) is 134 Å². The van der Waals surface area contributed by atoms with E-state index in [1.165, 1.54) is 0 Å². The van der Waals surface area contributed by atoms with Crippen LogP contribution in [0.5, 0.6) is 0 Å². The first kappa shape index (κ1) is 67.2. The molecule has 0 aromatic rings. The van der Waals surface area contributed by atoms with Crippen LogP contribution in [-0.4, -0.2) is 91.7 Å². The van der Waals surface area contributed by atoms with Gasteiger partial charge in [-0.25, -0.2) is 0 Å². The summed E-state index contributed by atoms with van der Waals surface area (Å²) in [4.78, 5) is 0. The summed E-state index contributed by atoms with van der Waals surface area (Å²) in [5.74, 6) is 0. The molecule has 0 aliphatic rings. The monoisotopic (exact) mass is 716 g/mol. The third kappa shape index (κ3) is 557. The summed E-state index contributed by atoms with van der Waals surface area (Å²) in [5, 5.41) is 64.5. The van der Waals surface area contributed by atoms with Crippen LogP contribution in [0, 0.1) is 0 Å². The van der Waals surface area contributed by atoms with Gasteiger partial charge in [0.1, 0.15) is 0 Å². The number of hydrogen-bond donors (Lipinski definition) is 8. The van der Waals surface area contributed by atoms with Gasteiger partial charge < -0.3 is 40.9 Å². The van der Waals surface area contributed by atoms with Gasteiger partial charge in [-0.3, -0.25) is 0 Å². The standard InChI is InChI=1S/4C4H10O.4C3H8O.2Zr/c4*1-2-3-4-5;4*1-3(2)4;;/h4*5H,2-4H2,1H3;4*3-4H,1-2H3;;. The maximum atomic E-state index is 8.07. The minimum Gasteiger partial charge on any atom is -0.396 e. The topological polar surface area (TPSA) is 162 Å². The molecule has 0 aromatic carbocycles. The molecule has 0 heterocycles. The zero-order valence-electron chi connectivity index (χ0n) is 27.4. The van der Waals surface area contributed by atoms with Crippen LogP contribution in [-0.2, 0) is 52.4 Å².